The van der Waals surface area contributed by atoms with Gasteiger partial charge < -0.3 is 0 Å². The summed E-state index contributed by atoms with van der Waals surface area (Å²) in [4.78, 5) is 0. The molecule has 0 N–H and O–H groups in total. The Kier molecular flexibility index (Phi) is 2.44. The third-order valence-corrected chi connectivity index (χ3v) is 5.30. The summed E-state index contributed by atoms with van der Waals surface area (Å²) < 4.78 is 36.5. The van der Waals surface area contributed by atoms with E-state index in [4.69, 9.17) is 9.35 Å². The zero-order chi connectivity index (χ0) is 11.9. The fourth-order valence-electron chi connectivity index (χ4n) is 1.79. The Bertz CT molecular complexity index is 522. The summed E-state index contributed by atoms with van der Waals surface area (Å²) in [5, 5.41) is 1.28. The summed E-state index contributed by atoms with van der Waals surface area (Å²) in [5.41, 5.74) is 0. The number of hydrogen-bond donors (Lipinski definition) is 0. The van der Waals surface area contributed by atoms with Crippen molar-refractivity contribution < 1.29 is 18.1 Å². The molecule has 0 atom stereocenters. The van der Waals surface area contributed by atoms with Crippen LogP contribution in [0.4, 0.5) is 8.78 Å². The summed E-state index contributed by atoms with van der Waals surface area (Å²) in [6, 6.07) is 12.1. The van der Waals surface area contributed by atoms with E-state index < -0.39 is 7.72 Å². The molecule has 2 aromatic carbocycles. The molecule has 0 aromatic heterocycles. The molecule has 0 unspecified atom stereocenters. The molecule has 3 rings (SSSR count). The Labute approximate surface area is 97.2 Å². The van der Waals surface area contributed by atoms with Gasteiger partial charge in [-0.3, -0.25) is 0 Å². The third-order valence-electron chi connectivity index (χ3n) is 2.66. The SMILES string of the molecule is Fc1cccc([PH]2(c3cccc(F)c3)OO2)c1. The van der Waals surface area contributed by atoms with Crippen LogP contribution in [0.5, 0.6) is 0 Å². The van der Waals surface area contributed by atoms with E-state index in [0.717, 1.165) is 0 Å². The molecule has 0 aliphatic carbocycles. The Morgan fingerprint density at radius 3 is 1.59 bits per heavy atom. The third kappa shape index (κ3) is 1.84. The number of halogens is 2. The van der Waals surface area contributed by atoms with Crippen molar-refractivity contribution in [2.24, 2.45) is 0 Å². The summed E-state index contributed by atoms with van der Waals surface area (Å²) in [7, 11) is -2.75. The minimum atomic E-state index is -2.75. The van der Waals surface area contributed by atoms with Crippen molar-refractivity contribution >= 4 is 18.3 Å². The van der Waals surface area contributed by atoms with E-state index in [-0.39, 0.29) is 11.6 Å². The molecule has 0 saturated carbocycles. The average molecular weight is 254 g/mol. The second kappa shape index (κ2) is 3.84. The topological polar surface area (TPSA) is 25.1 Å². The van der Waals surface area contributed by atoms with Crippen LogP contribution in [0.1, 0.15) is 0 Å². The van der Waals surface area contributed by atoms with Gasteiger partial charge in [-0.2, -0.15) is 0 Å². The van der Waals surface area contributed by atoms with Crippen LogP contribution in [-0.4, -0.2) is 0 Å². The normalized spacial score (nSPS) is 18.7. The molecular formula is C12H9F2O2P. The predicted molar refractivity (Wildman–Crippen MR) is 62.6 cm³/mol. The molecule has 2 aromatic rings. The van der Waals surface area contributed by atoms with Crippen LogP contribution in [0.2, 0.25) is 0 Å². The van der Waals surface area contributed by atoms with Crippen LogP contribution in [0.3, 0.4) is 0 Å². The molecular weight excluding hydrogens is 245 g/mol. The van der Waals surface area contributed by atoms with E-state index in [1.807, 2.05) is 0 Å². The van der Waals surface area contributed by atoms with Crippen molar-refractivity contribution in [3.8, 4) is 0 Å². The second-order valence-electron chi connectivity index (χ2n) is 3.80. The van der Waals surface area contributed by atoms with E-state index in [0.29, 0.717) is 10.6 Å². The second-order valence-corrected chi connectivity index (χ2v) is 6.53. The van der Waals surface area contributed by atoms with Crippen LogP contribution in [0.15, 0.2) is 48.5 Å². The fraction of sp³-hybridized carbons (Fsp3) is 0. The van der Waals surface area contributed by atoms with Crippen LogP contribution in [-0.2, 0) is 9.35 Å². The molecule has 0 spiro atoms. The molecule has 17 heavy (non-hydrogen) atoms. The van der Waals surface area contributed by atoms with Crippen molar-refractivity contribution in [3.05, 3.63) is 60.2 Å². The summed E-state index contributed by atoms with van der Waals surface area (Å²) in [6.45, 7) is 0. The first-order valence-corrected chi connectivity index (χ1v) is 6.91. The van der Waals surface area contributed by atoms with Crippen molar-refractivity contribution in [2.45, 2.75) is 0 Å². The first-order valence-electron chi connectivity index (χ1n) is 5.10. The Morgan fingerprint density at radius 2 is 1.24 bits per heavy atom. The van der Waals surface area contributed by atoms with Gasteiger partial charge in [0.25, 0.3) is 0 Å². The molecule has 1 aliphatic heterocycles. The van der Waals surface area contributed by atoms with Crippen LogP contribution >= 0.6 is 7.72 Å². The van der Waals surface area contributed by atoms with Gasteiger partial charge in [0.05, 0.1) is 0 Å². The van der Waals surface area contributed by atoms with Crippen LogP contribution in [0, 0.1) is 11.6 Å². The van der Waals surface area contributed by atoms with E-state index >= 15 is 0 Å². The minimum absolute atomic E-state index is 0.357. The monoisotopic (exact) mass is 254 g/mol. The molecule has 1 fully saturated rings. The quantitative estimate of drug-likeness (QED) is 0.467. The molecule has 0 radical (unpaired) electrons. The molecule has 0 bridgehead atoms. The van der Waals surface area contributed by atoms with Gasteiger partial charge in [-0.05, 0) is 0 Å². The van der Waals surface area contributed by atoms with Crippen molar-refractivity contribution in [3.63, 3.8) is 0 Å². The molecule has 0 amide bonds. The fourth-order valence-corrected chi connectivity index (χ4v) is 4.13. The molecule has 5 heteroatoms. The Hall–Kier alpha value is -1.35. The zero-order valence-electron chi connectivity index (χ0n) is 8.69. The van der Waals surface area contributed by atoms with E-state index in [1.54, 1.807) is 24.3 Å². The number of benzene rings is 2. The summed E-state index contributed by atoms with van der Waals surface area (Å²) in [6.07, 6.45) is 0. The number of hydrogen-bond acceptors (Lipinski definition) is 2. The first-order chi connectivity index (χ1) is 8.21. The van der Waals surface area contributed by atoms with Gasteiger partial charge in [0.1, 0.15) is 0 Å². The molecule has 88 valence electrons. The van der Waals surface area contributed by atoms with Gasteiger partial charge in [0.15, 0.2) is 0 Å². The summed E-state index contributed by atoms with van der Waals surface area (Å²) in [5.74, 6) is -0.713. The van der Waals surface area contributed by atoms with Gasteiger partial charge in [-0.1, -0.05) is 0 Å². The average Bonchev–Trinajstić information content (AvgIpc) is 3.10. The van der Waals surface area contributed by atoms with Crippen LogP contribution < -0.4 is 10.6 Å². The predicted octanol–water partition coefficient (Wildman–Crippen LogP) is 2.46. The van der Waals surface area contributed by atoms with Gasteiger partial charge in [0.2, 0.25) is 0 Å². The van der Waals surface area contributed by atoms with Crippen molar-refractivity contribution in [2.75, 3.05) is 0 Å². The van der Waals surface area contributed by atoms with E-state index in [1.165, 1.54) is 24.3 Å². The Balaban J connectivity index is 2.07. The van der Waals surface area contributed by atoms with Crippen molar-refractivity contribution in [1.29, 1.82) is 0 Å². The van der Waals surface area contributed by atoms with Gasteiger partial charge >= 0.3 is 96.6 Å². The molecule has 1 aliphatic rings. The van der Waals surface area contributed by atoms with Gasteiger partial charge in [-0.25, -0.2) is 0 Å². The Morgan fingerprint density at radius 1 is 0.765 bits per heavy atom. The van der Waals surface area contributed by atoms with Crippen molar-refractivity contribution in [1.82, 2.24) is 0 Å². The standard InChI is InChI=1S/C12H9F2O2P/c13-9-3-1-5-11(7-9)17(15-16-17)12-6-2-4-10(14)8-12/h1-8,17H. The first kappa shape index (κ1) is 10.8. The zero-order valence-corrected chi connectivity index (χ0v) is 9.69. The van der Waals surface area contributed by atoms with Gasteiger partial charge in [0, 0.05) is 0 Å². The van der Waals surface area contributed by atoms with E-state index in [2.05, 4.69) is 0 Å². The molecule has 1 saturated heterocycles. The number of rotatable bonds is 2. The molecule has 2 nitrogen and oxygen atoms in total. The maximum atomic E-state index is 13.2. The van der Waals surface area contributed by atoms with E-state index in [9.17, 15) is 8.78 Å². The summed E-state index contributed by atoms with van der Waals surface area (Å²) >= 11 is 0. The molecule has 1 heterocycles. The maximum absolute atomic E-state index is 13.2. The van der Waals surface area contributed by atoms with Crippen LogP contribution in [0.25, 0.3) is 0 Å². The van der Waals surface area contributed by atoms with Gasteiger partial charge in [-0.15, -0.1) is 0 Å².